The number of hydrogen-bond acceptors (Lipinski definition) is 3. The molecule has 0 saturated carbocycles. The molecular formula is C18H18FN3O3S. The zero-order valence-corrected chi connectivity index (χ0v) is 14.9. The van der Waals surface area contributed by atoms with Gasteiger partial charge in [0.25, 0.3) is 5.91 Å². The third-order valence-corrected chi connectivity index (χ3v) is 5.37. The van der Waals surface area contributed by atoms with Crippen LogP contribution in [0.5, 0.6) is 0 Å². The summed E-state index contributed by atoms with van der Waals surface area (Å²) in [5.74, 6) is -0.848. The molecule has 1 aromatic heterocycles. The number of rotatable bonds is 6. The quantitative estimate of drug-likeness (QED) is 0.578. The molecule has 8 heteroatoms. The average Bonchev–Trinajstić information content (AvgIpc) is 3.05. The van der Waals surface area contributed by atoms with Gasteiger partial charge in [-0.05, 0) is 37.3 Å². The number of H-pyrrole nitrogens is 1. The number of halogens is 1. The van der Waals surface area contributed by atoms with Crippen LogP contribution in [0.2, 0.25) is 0 Å². The van der Waals surface area contributed by atoms with E-state index in [1.807, 2.05) is 6.92 Å². The molecule has 136 valence electrons. The summed E-state index contributed by atoms with van der Waals surface area (Å²) in [6.07, 6.45) is 0. The number of benzene rings is 2. The number of carbonyl (C=O) groups excluding carboxylic acids is 1. The largest absolute Gasteiger partial charge is 0.350 e. The van der Waals surface area contributed by atoms with Gasteiger partial charge in [-0.2, -0.15) is 0 Å². The lowest BCUT2D eigenvalue weighted by Crippen LogP contribution is -2.34. The maximum absolute atomic E-state index is 13.7. The molecule has 1 amide bonds. The van der Waals surface area contributed by atoms with Crippen molar-refractivity contribution >= 4 is 26.8 Å². The van der Waals surface area contributed by atoms with Crippen molar-refractivity contribution in [2.45, 2.75) is 11.8 Å². The predicted octanol–water partition coefficient (Wildman–Crippen LogP) is 2.32. The van der Waals surface area contributed by atoms with Gasteiger partial charge in [0.1, 0.15) is 11.5 Å². The Morgan fingerprint density at radius 1 is 1.12 bits per heavy atom. The van der Waals surface area contributed by atoms with Crippen LogP contribution < -0.4 is 10.0 Å². The number of hydrogen-bond donors (Lipinski definition) is 3. The molecule has 0 bridgehead atoms. The third kappa shape index (κ3) is 3.92. The molecule has 0 aliphatic heterocycles. The van der Waals surface area contributed by atoms with Crippen LogP contribution >= 0.6 is 0 Å². The van der Waals surface area contributed by atoms with Gasteiger partial charge in [0.2, 0.25) is 10.0 Å². The van der Waals surface area contributed by atoms with E-state index in [4.69, 9.17) is 0 Å². The smallest absolute Gasteiger partial charge is 0.267 e. The van der Waals surface area contributed by atoms with Gasteiger partial charge in [-0.3, -0.25) is 4.79 Å². The van der Waals surface area contributed by atoms with E-state index < -0.39 is 21.7 Å². The lowest BCUT2D eigenvalue weighted by Gasteiger charge is -2.08. The van der Waals surface area contributed by atoms with Crippen LogP contribution in [0, 0.1) is 12.7 Å². The number of fused-ring (bicyclic) bond motifs is 1. The van der Waals surface area contributed by atoms with E-state index in [-0.39, 0.29) is 23.7 Å². The molecule has 0 fully saturated rings. The average molecular weight is 375 g/mol. The van der Waals surface area contributed by atoms with Crippen LogP contribution in [-0.4, -0.2) is 32.4 Å². The van der Waals surface area contributed by atoms with Crippen molar-refractivity contribution in [1.29, 1.82) is 0 Å². The van der Waals surface area contributed by atoms with E-state index in [0.29, 0.717) is 10.9 Å². The molecule has 0 radical (unpaired) electrons. The van der Waals surface area contributed by atoms with Crippen LogP contribution in [0.1, 0.15) is 16.1 Å². The molecule has 2 aromatic carbocycles. The summed E-state index contributed by atoms with van der Waals surface area (Å²) in [7, 11) is -3.62. The van der Waals surface area contributed by atoms with Gasteiger partial charge < -0.3 is 10.3 Å². The Morgan fingerprint density at radius 2 is 1.85 bits per heavy atom. The van der Waals surface area contributed by atoms with Crippen LogP contribution in [-0.2, 0) is 10.0 Å². The van der Waals surface area contributed by atoms with Crippen molar-refractivity contribution in [3.8, 4) is 0 Å². The van der Waals surface area contributed by atoms with Crippen LogP contribution in [0.4, 0.5) is 4.39 Å². The molecule has 0 saturated heterocycles. The van der Waals surface area contributed by atoms with Gasteiger partial charge in [-0.25, -0.2) is 17.5 Å². The first-order valence-electron chi connectivity index (χ1n) is 7.98. The topological polar surface area (TPSA) is 91.1 Å². The fraction of sp³-hybridized carbons (Fsp3) is 0.167. The first-order valence-corrected chi connectivity index (χ1v) is 9.47. The van der Waals surface area contributed by atoms with Crippen LogP contribution in [0.3, 0.4) is 0 Å². The van der Waals surface area contributed by atoms with Crippen molar-refractivity contribution in [2.24, 2.45) is 0 Å². The minimum absolute atomic E-state index is 0.0382. The molecule has 3 N–H and O–H groups in total. The second-order valence-corrected chi connectivity index (χ2v) is 7.62. The fourth-order valence-electron chi connectivity index (χ4n) is 2.50. The Morgan fingerprint density at radius 3 is 2.54 bits per heavy atom. The van der Waals surface area contributed by atoms with E-state index in [9.17, 15) is 17.6 Å². The molecule has 0 atom stereocenters. The van der Waals surface area contributed by atoms with E-state index in [1.165, 1.54) is 24.3 Å². The van der Waals surface area contributed by atoms with E-state index >= 15 is 0 Å². The zero-order chi connectivity index (χ0) is 18.7. The highest BCUT2D eigenvalue weighted by atomic mass is 32.2. The lowest BCUT2D eigenvalue weighted by atomic mass is 10.2. The Bertz CT molecular complexity index is 1040. The highest BCUT2D eigenvalue weighted by Gasteiger charge is 2.14. The second-order valence-electron chi connectivity index (χ2n) is 5.85. The van der Waals surface area contributed by atoms with Gasteiger partial charge in [0.05, 0.1) is 4.90 Å². The standard InChI is InChI=1S/C18H18FN3O3S/c1-12-5-7-13(8-6-12)26(24,25)21-10-9-20-18(23)17-11-14-15(19)3-2-4-16(14)22-17/h2-8,11,21-22H,9-10H2,1H3,(H,20,23). The second kappa shape index (κ2) is 7.27. The van der Waals surface area contributed by atoms with Gasteiger partial charge >= 0.3 is 0 Å². The normalized spacial score (nSPS) is 11.6. The maximum atomic E-state index is 13.7. The van der Waals surface area contributed by atoms with E-state index in [2.05, 4.69) is 15.0 Å². The third-order valence-electron chi connectivity index (χ3n) is 3.89. The highest BCUT2D eigenvalue weighted by Crippen LogP contribution is 2.18. The molecule has 0 aliphatic rings. The Labute approximate surface area is 150 Å². The molecule has 0 aliphatic carbocycles. The minimum Gasteiger partial charge on any atom is -0.350 e. The van der Waals surface area contributed by atoms with E-state index in [1.54, 1.807) is 24.3 Å². The lowest BCUT2D eigenvalue weighted by molar-refractivity contribution is 0.0950. The first-order chi connectivity index (χ1) is 12.4. The Kier molecular flexibility index (Phi) is 5.06. The molecule has 0 spiro atoms. The minimum atomic E-state index is -3.62. The number of nitrogens with one attached hydrogen (secondary N) is 3. The van der Waals surface area contributed by atoms with Crippen molar-refractivity contribution in [1.82, 2.24) is 15.0 Å². The SMILES string of the molecule is Cc1ccc(S(=O)(=O)NCCNC(=O)c2cc3c(F)cccc3[nH]2)cc1. The number of aromatic nitrogens is 1. The summed E-state index contributed by atoms with van der Waals surface area (Å²) in [4.78, 5) is 15.1. The molecule has 3 aromatic rings. The summed E-state index contributed by atoms with van der Waals surface area (Å²) in [6.45, 7) is 2.01. The zero-order valence-electron chi connectivity index (χ0n) is 14.0. The number of aryl methyl sites for hydroxylation is 1. The number of aromatic amines is 1. The predicted molar refractivity (Wildman–Crippen MR) is 97.0 cm³/mol. The summed E-state index contributed by atoms with van der Waals surface area (Å²) in [5, 5.41) is 2.92. The molecular weight excluding hydrogens is 357 g/mol. The molecule has 26 heavy (non-hydrogen) atoms. The van der Waals surface area contributed by atoms with Gasteiger partial charge in [-0.1, -0.05) is 23.8 Å². The molecule has 1 heterocycles. The molecule has 0 unspecified atom stereocenters. The summed E-state index contributed by atoms with van der Waals surface area (Å²) in [5.41, 5.74) is 1.70. The number of carbonyl (C=O) groups is 1. The summed E-state index contributed by atoms with van der Waals surface area (Å²) < 4.78 is 40.4. The Hall–Kier alpha value is -2.71. The van der Waals surface area contributed by atoms with Crippen LogP contribution in [0.25, 0.3) is 10.9 Å². The fourth-order valence-corrected chi connectivity index (χ4v) is 3.53. The summed E-state index contributed by atoms with van der Waals surface area (Å²) >= 11 is 0. The first kappa shape index (κ1) is 18.1. The van der Waals surface area contributed by atoms with Crippen molar-refractivity contribution in [3.63, 3.8) is 0 Å². The van der Waals surface area contributed by atoms with Crippen LogP contribution in [0.15, 0.2) is 53.4 Å². The number of amides is 1. The van der Waals surface area contributed by atoms with Gasteiger partial charge in [-0.15, -0.1) is 0 Å². The summed E-state index contributed by atoms with van der Waals surface area (Å²) in [6, 6.07) is 12.4. The molecule has 6 nitrogen and oxygen atoms in total. The van der Waals surface area contributed by atoms with E-state index in [0.717, 1.165) is 5.56 Å². The van der Waals surface area contributed by atoms with Gasteiger partial charge in [0.15, 0.2) is 0 Å². The Balaban J connectivity index is 1.56. The van der Waals surface area contributed by atoms with Crippen molar-refractivity contribution in [3.05, 3.63) is 65.6 Å². The number of sulfonamides is 1. The van der Waals surface area contributed by atoms with Gasteiger partial charge in [0, 0.05) is 24.0 Å². The van der Waals surface area contributed by atoms with Crippen molar-refractivity contribution in [2.75, 3.05) is 13.1 Å². The van der Waals surface area contributed by atoms with Crippen molar-refractivity contribution < 1.29 is 17.6 Å². The monoisotopic (exact) mass is 375 g/mol. The molecule has 3 rings (SSSR count). The highest BCUT2D eigenvalue weighted by molar-refractivity contribution is 7.89. The maximum Gasteiger partial charge on any atom is 0.267 e.